The number of hydrogen-bond donors (Lipinski definition) is 2. The maximum atomic E-state index is 12.2. The van der Waals surface area contributed by atoms with Crippen molar-refractivity contribution >= 4 is 22.3 Å². The summed E-state index contributed by atoms with van der Waals surface area (Å²) in [5.74, 6) is 1.15. The van der Waals surface area contributed by atoms with Crippen molar-refractivity contribution in [3.8, 4) is 11.5 Å². The van der Waals surface area contributed by atoms with Crippen molar-refractivity contribution in [2.45, 2.75) is 30.0 Å². The van der Waals surface area contributed by atoms with Crippen molar-refractivity contribution in [3.05, 3.63) is 88.2 Å². The Bertz CT molecular complexity index is 1080. The molecule has 0 spiro atoms. The molecule has 6 nitrogen and oxygen atoms in total. The zero-order valence-electron chi connectivity index (χ0n) is 17.0. The van der Waals surface area contributed by atoms with Crippen molar-refractivity contribution in [2.24, 2.45) is 5.73 Å². The molecule has 0 radical (unpaired) electrons. The summed E-state index contributed by atoms with van der Waals surface area (Å²) < 4.78 is 13.2. The summed E-state index contributed by atoms with van der Waals surface area (Å²) in [5.41, 5.74) is 4.83. The molecule has 1 aliphatic carbocycles. The Morgan fingerprint density at radius 1 is 1.19 bits per heavy atom. The molecule has 0 bridgehead atoms. The third kappa shape index (κ3) is 3.20. The number of halogens is 1. The van der Waals surface area contributed by atoms with Gasteiger partial charge in [-0.3, -0.25) is 9.78 Å². The first-order valence-corrected chi connectivity index (χ1v) is 10.7. The average molecular weight is 483 g/mol. The molecule has 5 rings (SSSR count). The first-order valence-electron chi connectivity index (χ1n) is 9.92. The summed E-state index contributed by atoms with van der Waals surface area (Å²) in [6.45, 7) is 0. The van der Waals surface area contributed by atoms with Gasteiger partial charge < -0.3 is 20.3 Å². The fourth-order valence-electron chi connectivity index (χ4n) is 5.02. The molecular formula is C24H23BrN2O4. The number of carbonyl (C=O) groups excluding carboxylic acids is 1. The third-order valence-corrected chi connectivity index (χ3v) is 6.68. The number of pyridine rings is 1. The van der Waals surface area contributed by atoms with Gasteiger partial charge in [-0.15, -0.1) is 0 Å². The fourth-order valence-corrected chi connectivity index (χ4v) is 5.28. The van der Waals surface area contributed by atoms with Gasteiger partial charge in [0.15, 0.2) is 5.60 Å². The van der Waals surface area contributed by atoms with Crippen LogP contribution in [-0.2, 0) is 16.0 Å². The van der Waals surface area contributed by atoms with Crippen LogP contribution in [0.15, 0.2) is 71.5 Å². The van der Waals surface area contributed by atoms with E-state index in [-0.39, 0.29) is 12.3 Å². The molecule has 160 valence electrons. The largest absolute Gasteiger partial charge is 0.495 e. The summed E-state index contributed by atoms with van der Waals surface area (Å²) >= 11 is 3.52. The highest BCUT2D eigenvalue weighted by atomic mass is 79.9. The van der Waals surface area contributed by atoms with E-state index in [2.05, 4.69) is 38.8 Å². The molecule has 0 saturated heterocycles. The van der Waals surface area contributed by atoms with E-state index in [9.17, 15) is 5.11 Å². The van der Waals surface area contributed by atoms with Crippen molar-refractivity contribution in [1.82, 2.24) is 4.98 Å². The monoisotopic (exact) mass is 482 g/mol. The summed E-state index contributed by atoms with van der Waals surface area (Å²) in [4.78, 5) is 12.8. The molecule has 3 N–H and O–H groups in total. The Labute approximate surface area is 189 Å². The van der Waals surface area contributed by atoms with Crippen molar-refractivity contribution in [3.63, 3.8) is 0 Å². The minimum atomic E-state index is -1.20. The van der Waals surface area contributed by atoms with Gasteiger partial charge in [-0.25, -0.2) is 0 Å². The number of rotatable bonds is 3. The highest BCUT2D eigenvalue weighted by Crippen LogP contribution is 2.67. The quantitative estimate of drug-likeness (QED) is 0.550. The minimum absolute atomic E-state index is 0.00279. The standard InChI is InChI=1S/C23H20BrNO3.CH3NO/c1-27-19-13-25-14-20-21(19)22(26)12-11-18(15-5-3-2-4-6-15)23(22,28-20)16-7-9-17(24)10-8-16;2-1-3/h2-10,13-14,18,26H,11-12H2,1H3;1H,(H2,2,3)/t18-,22+,23-;/m0./s1. The molecule has 3 atom stereocenters. The van der Waals surface area contributed by atoms with Gasteiger partial charge in [0.2, 0.25) is 6.41 Å². The lowest BCUT2D eigenvalue weighted by Gasteiger charge is -2.40. The number of ether oxygens (including phenoxy) is 2. The van der Waals surface area contributed by atoms with Crippen LogP contribution in [0.3, 0.4) is 0 Å². The number of benzene rings is 2. The molecular weight excluding hydrogens is 460 g/mol. The van der Waals surface area contributed by atoms with E-state index in [4.69, 9.17) is 14.3 Å². The van der Waals surface area contributed by atoms with E-state index in [1.54, 1.807) is 19.5 Å². The number of amides is 1. The number of fused-ring (bicyclic) bond motifs is 3. The van der Waals surface area contributed by atoms with Crippen LogP contribution >= 0.6 is 15.9 Å². The van der Waals surface area contributed by atoms with Gasteiger partial charge in [-0.2, -0.15) is 0 Å². The number of nitrogens with two attached hydrogens (primary N) is 1. The van der Waals surface area contributed by atoms with Gasteiger partial charge in [0.1, 0.15) is 17.1 Å². The van der Waals surface area contributed by atoms with Gasteiger partial charge in [-0.1, -0.05) is 58.4 Å². The lowest BCUT2D eigenvalue weighted by molar-refractivity contribution is -0.107. The van der Waals surface area contributed by atoms with Crippen molar-refractivity contribution in [2.75, 3.05) is 7.11 Å². The Hall–Kier alpha value is -2.90. The van der Waals surface area contributed by atoms with Crippen LogP contribution in [0, 0.1) is 0 Å². The molecule has 1 fully saturated rings. The zero-order valence-corrected chi connectivity index (χ0v) is 18.6. The Balaban J connectivity index is 0.000000730. The molecule has 0 unspecified atom stereocenters. The molecule has 2 aliphatic rings. The maximum absolute atomic E-state index is 12.2. The summed E-state index contributed by atoms with van der Waals surface area (Å²) in [6, 6.07) is 18.3. The number of nitrogens with zero attached hydrogens (tertiary/aromatic N) is 1. The number of carbonyl (C=O) groups is 1. The van der Waals surface area contributed by atoms with Gasteiger partial charge >= 0.3 is 0 Å². The predicted molar refractivity (Wildman–Crippen MR) is 120 cm³/mol. The second-order valence-corrected chi connectivity index (χ2v) is 8.47. The summed E-state index contributed by atoms with van der Waals surface area (Å²) in [5, 5.41) is 12.2. The molecule has 1 saturated carbocycles. The van der Waals surface area contributed by atoms with E-state index in [1.807, 2.05) is 42.5 Å². The predicted octanol–water partition coefficient (Wildman–Crippen LogP) is 4.01. The van der Waals surface area contributed by atoms with E-state index in [1.165, 1.54) is 0 Å². The van der Waals surface area contributed by atoms with Gasteiger partial charge in [0.05, 0.1) is 25.1 Å². The van der Waals surface area contributed by atoms with Crippen LogP contribution < -0.4 is 15.2 Å². The highest BCUT2D eigenvalue weighted by Gasteiger charge is 2.69. The number of aromatic nitrogens is 1. The smallest absolute Gasteiger partial charge is 0.204 e. The van der Waals surface area contributed by atoms with Crippen LogP contribution in [0.1, 0.15) is 35.4 Å². The van der Waals surface area contributed by atoms with Crippen molar-refractivity contribution < 1.29 is 19.4 Å². The van der Waals surface area contributed by atoms with Crippen LogP contribution in [-0.4, -0.2) is 23.6 Å². The van der Waals surface area contributed by atoms with E-state index >= 15 is 0 Å². The second kappa shape index (κ2) is 8.32. The molecule has 1 amide bonds. The Morgan fingerprint density at radius 3 is 2.52 bits per heavy atom. The first kappa shape index (κ1) is 21.3. The number of methoxy groups -OCH3 is 1. The van der Waals surface area contributed by atoms with Crippen molar-refractivity contribution in [1.29, 1.82) is 0 Å². The van der Waals surface area contributed by atoms with E-state index in [0.29, 0.717) is 23.5 Å². The SMILES string of the molecule is COc1cncc2c1[C@]1(O)CC[C@@H](c3ccccc3)[C@]1(c1ccc(Br)cc1)O2.NC=O. The topological polar surface area (TPSA) is 94.7 Å². The second-order valence-electron chi connectivity index (χ2n) is 7.56. The molecule has 3 aromatic rings. The first-order chi connectivity index (χ1) is 15.0. The van der Waals surface area contributed by atoms with E-state index in [0.717, 1.165) is 22.0 Å². The summed E-state index contributed by atoms with van der Waals surface area (Å²) in [6.07, 6.45) is 4.96. The fraction of sp³-hybridized carbons (Fsp3) is 0.250. The van der Waals surface area contributed by atoms with Gasteiger partial charge in [-0.05, 0) is 36.1 Å². The lowest BCUT2D eigenvalue weighted by atomic mass is 9.72. The molecule has 31 heavy (non-hydrogen) atoms. The number of primary amides is 1. The minimum Gasteiger partial charge on any atom is -0.495 e. The number of hydrogen-bond acceptors (Lipinski definition) is 5. The van der Waals surface area contributed by atoms with Gasteiger partial charge in [0.25, 0.3) is 0 Å². The molecule has 1 aliphatic heterocycles. The Morgan fingerprint density at radius 2 is 1.87 bits per heavy atom. The summed E-state index contributed by atoms with van der Waals surface area (Å²) in [7, 11) is 1.60. The Kier molecular flexibility index (Phi) is 5.73. The van der Waals surface area contributed by atoms with E-state index < -0.39 is 11.2 Å². The normalized spacial score (nSPS) is 25.5. The van der Waals surface area contributed by atoms with Crippen LogP contribution in [0.5, 0.6) is 11.5 Å². The molecule has 2 aromatic carbocycles. The van der Waals surface area contributed by atoms with Gasteiger partial charge in [0, 0.05) is 10.4 Å². The lowest BCUT2D eigenvalue weighted by Crippen LogP contribution is -2.48. The van der Waals surface area contributed by atoms with Crippen LogP contribution in [0.25, 0.3) is 0 Å². The number of aliphatic hydroxyl groups is 1. The molecule has 1 aromatic heterocycles. The highest BCUT2D eigenvalue weighted by molar-refractivity contribution is 9.10. The zero-order chi connectivity index (χ0) is 22.1. The maximum Gasteiger partial charge on any atom is 0.204 e. The molecule has 7 heteroatoms. The third-order valence-electron chi connectivity index (χ3n) is 6.16. The average Bonchev–Trinajstić information content (AvgIpc) is 3.22. The molecule has 2 heterocycles. The van der Waals surface area contributed by atoms with Crippen LogP contribution in [0.2, 0.25) is 0 Å². The van der Waals surface area contributed by atoms with Crippen LogP contribution in [0.4, 0.5) is 0 Å².